The van der Waals surface area contributed by atoms with Crippen molar-refractivity contribution in [2.75, 3.05) is 26.9 Å². The van der Waals surface area contributed by atoms with Crippen molar-refractivity contribution in [3.8, 4) is 6.07 Å². The van der Waals surface area contributed by atoms with Crippen LogP contribution < -0.4 is 0 Å². The van der Waals surface area contributed by atoms with Gasteiger partial charge in [0.05, 0.1) is 31.0 Å². The van der Waals surface area contributed by atoms with Crippen LogP contribution in [0.5, 0.6) is 0 Å². The van der Waals surface area contributed by atoms with Crippen LogP contribution in [0.1, 0.15) is 30.4 Å². The molecule has 1 aromatic carbocycles. The Hall–Kier alpha value is -1.12. The van der Waals surface area contributed by atoms with E-state index >= 15 is 0 Å². The van der Waals surface area contributed by atoms with Crippen LogP contribution in [-0.4, -0.2) is 43.9 Å². The SMILES string of the molecule is CO[C@@H]1CCC[C@H]1[C@H]1COCCN1Cc1ccc(Cl)cc1C#N. The minimum atomic E-state index is 0.324. The van der Waals surface area contributed by atoms with Crippen molar-refractivity contribution >= 4 is 11.6 Å². The fraction of sp³-hybridized carbons (Fsp3) is 0.611. The summed E-state index contributed by atoms with van der Waals surface area (Å²) < 4.78 is 11.4. The second-order valence-corrected chi connectivity index (χ2v) is 6.83. The lowest BCUT2D eigenvalue weighted by Gasteiger charge is -2.40. The van der Waals surface area contributed by atoms with Crippen LogP contribution in [0.3, 0.4) is 0 Å². The predicted molar refractivity (Wildman–Crippen MR) is 89.3 cm³/mol. The van der Waals surface area contributed by atoms with Gasteiger partial charge in [-0.15, -0.1) is 0 Å². The van der Waals surface area contributed by atoms with Gasteiger partial charge in [-0.3, -0.25) is 4.90 Å². The maximum Gasteiger partial charge on any atom is 0.0995 e. The summed E-state index contributed by atoms with van der Waals surface area (Å²) in [7, 11) is 1.81. The van der Waals surface area contributed by atoms with Crippen molar-refractivity contribution in [1.82, 2.24) is 4.90 Å². The van der Waals surface area contributed by atoms with Gasteiger partial charge in [0.15, 0.2) is 0 Å². The normalized spacial score (nSPS) is 28.7. The monoisotopic (exact) mass is 334 g/mol. The van der Waals surface area contributed by atoms with Crippen LogP contribution in [0, 0.1) is 17.2 Å². The topological polar surface area (TPSA) is 45.5 Å². The average Bonchev–Trinajstić information content (AvgIpc) is 3.05. The zero-order valence-electron chi connectivity index (χ0n) is 13.5. The van der Waals surface area contributed by atoms with E-state index in [0.29, 0.717) is 28.6 Å². The minimum Gasteiger partial charge on any atom is -0.381 e. The van der Waals surface area contributed by atoms with Gasteiger partial charge in [0.2, 0.25) is 0 Å². The molecule has 23 heavy (non-hydrogen) atoms. The fourth-order valence-corrected chi connectivity index (χ4v) is 4.12. The molecule has 0 bridgehead atoms. The van der Waals surface area contributed by atoms with Crippen molar-refractivity contribution in [3.63, 3.8) is 0 Å². The van der Waals surface area contributed by atoms with E-state index in [1.54, 1.807) is 6.07 Å². The van der Waals surface area contributed by atoms with Gasteiger partial charge >= 0.3 is 0 Å². The number of nitrogens with zero attached hydrogens (tertiary/aromatic N) is 2. The Bertz CT molecular complexity index is 587. The predicted octanol–water partition coefficient (Wildman–Crippen LogP) is 3.23. The van der Waals surface area contributed by atoms with E-state index in [1.807, 2.05) is 19.2 Å². The van der Waals surface area contributed by atoms with Crippen molar-refractivity contribution in [1.29, 1.82) is 5.26 Å². The number of morpholine rings is 1. The van der Waals surface area contributed by atoms with E-state index in [4.69, 9.17) is 21.1 Å². The molecule has 2 aliphatic rings. The number of benzene rings is 1. The third-order valence-electron chi connectivity index (χ3n) is 5.15. The molecule has 1 aliphatic heterocycles. The molecule has 1 aliphatic carbocycles. The first kappa shape index (κ1) is 16.7. The molecule has 0 unspecified atom stereocenters. The largest absolute Gasteiger partial charge is 0.381 e. The lowest BCUT2D eigenvalue weighted by molar-refractivity contribution is -0.0608. The van der Waals surface area contributed by atoms with E-state index in [-0.39, 0.29) is 0 Å². The third kappa shape index (κ3) is 3.70. The van der Waals surface area contributed by atoms with Gasteiger partial charge in [-0.2, -0.15) is 5.26 Å². The molecule has 1 heterocycles. The fourth-order valence-electron chi connectivity index (χ4n) is 3.94. The Labute approximate surface area is 142 Å². The molecule has 0 aromatic heterocycles. The maximum atomic E-state index is 9.36. The number of hydrogen-bond acceptors (Lipinski definition) is 4. The molecule has 0 radical (unpaired) electrons. The van der Waals surface area contributed by atoms with E-state index in [9.17, 15) is 5.26 Å². The summed E-state index contributed by atoms with van der Waals surface area (Å²) in [6, 6.07) is 8.20. The number of hydrogen-bond donors (Lipinski definition) is 0. The summed E-state index contributed by atoms with van der Waals surface area (Å²) in [5.41, 5.74) is 1.70. The van der Waals surface area contributed by atoms with E-state index < -0.39 is 0 Å². The van der Waals surface area contributed by atoms with Crippen molar-refractivity contribution in [2.24, 2.45) is 5.92 Å². The number of ether oxygens (including phenoxy) is 2. The average molecular weight is 335 g/mol. The van der Waals surface area contributed by atoms with E-state index in [2.05, 4.69) is 11.0 Å². The summed E-state index contributed by atoms with van der Waals surface area (Å²) in [4.78, 5) is 2.45. The second kappa shape index (κ2) is 7.63. The summed E-state index contributed by atoms with van der Waals surface area (Å²) in [5.74, 6) is 0.512. The van der Waals surface area contributed by atoms with Gasteiger partial charge in [-0.25, -0.2) is 0 Å². The summed E-state index contributed by atoms with van der Waals surface area (Å²) in [5, 5.41) is 9.97. The quantitative estimate of drug-likeness (QED) is 0.848. The molecule has 1 aromatic rings. The highest BCUT2D eigenvalue weighted by Crippen LogP contribution is 2.34. The van der Waals surface area contributed by atoms with Gasteiger partial charge < -0.3 is 9.47 Å². The Morgan fingerprint density at radius 2 is 2.30 bits per heavy atom. The molecule has 1 saturated carbocycles. The molecule has 0 amide bonds. The van der Waals surface area contributed by atoms with Crippen LogP contribution in [-0.2, 0) is 16.0 Å². The number of nitriles is 1. The number of rotatable bonds is 4. The summed E-state index contributed by atoms with van der Waals surface area (Å²) in [6.45, 7) is 3.16. The van der Waals surface area contributed by atoms with Gasteiger partial charge in [0, 0.05) is 37.2 Å². The molecular formula is C18H23ClN2O2. The molecule has 3 atom stereocenters. The van der Waals surface area contributed by atoms with Crippen LogP contribution in [0.15, 0.2) is 18.2 Å². The first-order chi connectivity index (χ1) is 11.2. The highest BCUT2D eigenvalue weighted by Gasteiger charge is 2.38. The first-order valence-corrected chi connectivity index (χ1v) is 8.64. The van der Waals surface area contributed by atoms with Gasteiger partial charge in [-0.1, -0.05) is 24.1 Å². The molecule has 0 spiro atoms. The molecule has 4 nitrogen and oxygen atoms in total. The Morgan fingerprint density at radius 1 is 1.43 bits per heavy atom. The molecule has 5 heteroatoms. The smallest absolute Gasteiger partial charge is 0.0995 e. The molecule has 3 rings (SSSR count). The zero-order valence-corrected chi connectivity index (χ0v) is 14.3. The summed E-state index contributed by atoms with van der Waals surface area (Å²) >= 11 is 6.01. The van der Waals surface area contributed by atoms with Crippen molar-refractivity contribution in [3.05, 3.63) is 34.3 Å². The number of methoxy groups -OCH3 is 1. The van der Waals surface area contributed by atoms with Gasteiger partial charge in [0.1, 0.15) is 0 Å². The Morgan fingerprint density at radius 3 is 3.09 bits per heavy atom. The molecule has 2 fully saturated rings. The molecular weight excluding hydrogens is 312 g/mol. The summed E-state index contributed by atoms with van der Waals surface area (Å²) in [6.07, 6.45) is 3.87. The van der Waals surface area contributed by atoms with Crippen molar-refractivity contribution in [2.45, 2.75) is 38.0 Å². The highest BCUT2D eigenvalue weighted by molar-refractivity contribution is 6.30. The molecule has 1 saturated heterocycles. The minimum absolute atomic E-state index is 0.324. The zero-order chi connectivity index (χ0) is 16.2. The standard InChI is InChI=1S/C18H23ClN2O2/c1-22-18-4-2-3-16(18)17-12-23-8-7-21(17)11-13-5-6-15(19)9-14(13)10-20/h5-6,9,16-18H,2-4,7-8,11-12H2,1H3/t16-,17+,18+/m0/s1. The Balaban J connectivity index is 1.78. The van der Waals surface area contributed by atoms with Crippen LogP contribution in [0.4, 0.5) is 0 Å². The van der Waals surface area contributed by atoms with E-state index in [0.717, 1.165) is 38.3 Å². The Kier molecular flexibility index (Phi) is 5.55. The lowest BCUT2D eigenvalue weighted by atomic mass is 9.93. The number of halogens is 1. The lowest BCUT2D eigenvalue weighted by Crippen LogP contribution is -2.50. The third-order valence-corrected chi connectivity index (χ3v) is 5.38. The van der Waals surface area contributed by atoms with E-state index in [1.165, 1.54) is 12.8 Å². The van der Waals surface area contributed by atoms with Gasteiger partial charge in [0.25, 0.3) is 0 Å². The highest BCUT2D eigenvalue weighted by atomic mass is 35.5. The molecule has 0 N–H and O–H groups in total. The van der Waals surface area contributed by atoms with Crippen molar-refractivity contribution < 1.29 is 9.47 Å². The first-order valence-electron chi connectivity index (χ1n) is 8.26. The maximum absolute atomic E-state index is 9.36. The molecule has 124 valence electrons. The van der Waals surface area contributed by atoms with Gasteiger partial charge in [-0.05, 0) is 30.5 Å². The van der Waals surface area contributed by atoms with Crippen LogP contribution in [0.25, 0.3) is 0 Å². The van der Waals surface area contributed by atoms with Crippen LogP contribution >= 0.6 is 11.6 Å². The van der Waals surface area contributed by atoms with Crippen LogP contribution in [0.2, 0.25) is 5.02 Å². The second-order valence-electron chi connectivity index (χ2n) is 6.39.